The third kappa shape index (κ3) is 3.26. The summed E-state index contributed by atoms with van der Waals surface area (Å²) in [6, 6.07) is 0. The molecule has 2 N–H and O–H groups in total. The van der Waals surface area contributed by atoms with Gasteiger partial charge >= 0.3 is 11.9 Å². The first kappa shape index (κ1) is 19.2. The lowest BCUT2D eigenvalue weighted by molar-refractivity contribution is -0.151. The van der Waals surface area contributed by atoms with E-state index < -0.39 is 23.8 Å². The molecule has 28 heavy (non-hydrogen) atoms. The molecule has 4 atom stereocenters. The second-order valence-electron chi connectivity index (χ2n) is 8.18. The molecule has 5 rings (SSSR count). The Morgan fingerprint density at radius 3 is 2.43 bits per heavy atom. The van der Waals surface area contributed by atoms with Crippen LogP contribution in [-0.4, -0.2) is 29.1 Å². The van der Waals surface area contributed by atoms with Crippen molar-refractivity contribution in [2.45, 2.75) is 52.1 Å². The number of carboxylic acid groups (broad SMARTS) is 1. The van der Waals surface area contributed by atoms with Crippen molar-refractivity contribution in [3.8, 4) is 0 Å². The lowest BCUT2D eigenvalue weighted by Crippen LogP contribution is -2.47. The van der Waals surface area contributed by atoms with E-state index in [0.717, 1.165) is 42.5 Å². The van der Waals surface area contributed by atoms with Crippen molar-refractivity contribution >= 4 is 34.2 Å². The molecule has 1 heterocycles. The minimum atomic E-state index is -0.924. The fraction of sp³-hybridized carbons (Fsp3) is 0.571. The maximum absolute atomic E-state index is 13.1. The second kappa shape index (κ2) is 7.35. The highest BCUT2D eigenvalue weighted by atomic mass is 32.1. The lowest BCUT2D eigenvalue weighted by atomic mass is 9.62. The van der Waals surface area contributed by atoms with Crippen LogP contribution in [0.3, 0.4) is 0 Å². The molecule has 0 spiro atoms. The van der Waals surface area contributed by atoms with Gasteiger partial charge in [0, 0.05) is 4.88 Å². The third-order valence-electron chi connectivity index (χ3n) is 6.04. The van der Waals surface area contributed by atoms with Crippen molar-refractivity contribution < 1.29 is 24.2 Å². The molecular weight excluding hydrogens is 378 g/mol. The number of anilines is 1. The van der Waals surface area contributed by atoms with Crippen LogP contribution in [0.1, 0.15) is 53.9 Å². The maximum atomic E-state index is 13.1. The van der Waals surface area contributed by atoms with Crippen molar-refractivity contribution in [3.63, 3.8) is 0 Å². The van der Waals surface area contributed by atoms with Gasteiger partial charge in [-0.3, -0.25) is 9.59 Å². The van der Waals surface area contributed by atoms with E-state index in [0.29, 0.717) is 10.6 Å². The van der Waals surface area contributed by atoms with Crippen molar-refractivity contribution in [2.24, 2.45) is 23.7 Å². The number of aryl methyl sites for hydroxylation is 1. The largest absolute Gasteiger partial charge is 0.481 e. The van der Waals surface area contributed by atoms with Crippen LogP contribution >= 0.6 is 11.3 Å². The van der Waals surface area contributed by atoms with Crippen LogP contribution in [0.15, 0.2) is 12.2 Å². The summed E-state index contributed by atoms with van der Waals surface area (Å²) in [4.78, 5) is 38.8. The highest BCUT2D eigenvalue weighted by Crippen LogP contribution is 2.46. The first-order chi connectivity index (χ1) is 13.4. The van der Waals surface area contributed by atoms with Gasteiger partial charge in [-0.05, 0) is 63.4 Å². The van der Waals surface area contributed by atoms with E-state index in [1.807, 2.05) is 12.2 Å². The molecule has 6 nitrogen and oxygen atoms in total. The number of aliphatic carboxylic acids is 1. The molecule has 1 saturated carbocycles. The van der Waals surface area contributed by atoms with Crippen molar-refractivity contribution in [1.29, 1.82) is 0 Å². The van der Waals surface area contributed by atoms with E-state index in [1.54, 1.807) is 13.8 Å². The van der Waals surface area contributed by atoms with E-state index in [1.165, 1.54) is 11.3 Å². The van der Waals surface area contributed by atoms with Crippen LogP contribution < -0.4 is 5.32 Å². The summed E-state index contributed by atoms with van der Waals surface area (Å²) in [6.45, 7) is 3.59. The van der Waals surface area contributed by atoms with Gasteiger partial charge in [0.05, 0.1) is 23.5 Å². The van der Waals surface area contributed by atoms with Crippen molar-refractivity contribution in [1.82, 2.24) is 0 Å². The Morgan fingerprint density at radius 2 is 1.82 bits per heavy atom. The zero-order chi connectivity index (χ0) is 20.0. The number of carbonyl (C=O) groups excluding carboxylic acids is 2. The van der Waals surface area contributed by atoms with Gasteiger partial charge in [0.25, 0.3) is 0 Å². The van der Waals surface area contributed by atoms with Gasteiger partial charge in [0.1, 0.15) is 5.00 Å². The van der Waals surface area contributed by atoms with Crippen molar-refractivity contribution in [2.75, 3.05) is 5.32 Å². The zero-order valence-corrected chi connectivity index (χ0v) is 16.9. The summed E-state index contributed by atoms with van der Waals surface area (Å²) in [6.07, 6.45) is 8.01. The van der Waals surface area contributed by atoms with Crippen LogP contribution in [-0.2, 0) is 27.2 Å². The minimum Gasteiger partial charge on any atom is -0.481 e. The number of carboxylic acids is 1. The predicted molar refractivity (Wildman–Crippen MR) is 105 cm³/mol. The van der Waals surface area contributed by atoms with Gasteiger partial charge in [-0.1, -0.05) is 12.2 Å². The van der Waals surface area contributed by atoms with E-state index >= 15 is 0 Å². The van der Waals surface area contributed by atoms with Crippen LogP contribution in [0.25, 0.3) is 0 Å². The number of hydrogen-bond acceptors (Lipinski definition) is 5. The number of amides is 1. The molecule has 0 aromatic carbocycles. The quantitative estimate of drug-likeness (QED) is 0.578. The average molecular weight is 404 g/mol. The molecule has 0 radical (unpaired) electrons. The fourth-order valence-electron chi connectivity index (χ4n) is 4.86. The topological polar surface area (TPSA) is 92.7 Å². The number of esters is 1. The summed E-state index contributed by atoms with van der Waals surface area (Å²) in [5, 5.41) is 13.1. The van der Waals surface area contributed by atoms with E-state index in [4.69, 9.17) is 4.74 Å². The molecule has 1 aromatic rings. The molecule has 4 aliphatic rings. The van der Waals surface area contributed by atoms with Crippen LogP contribution in [0.5, 0.6) is 0 Å². The van der Waals surface area contributed by atoms with Crippen molar-refractivity contribution in [3.05, 3.63) is 28.2 Å². The second-order valence-corrected chi connectivity index (χ2v) is 9.29. The average Bonchev–Trinajstić information content (AvgIpc) is 3.21. The Bertz CT molecular complexity index is 855. The molecule has 0 saturated heterocycles. The first-order valence-corrected chi connectivity index (χ1v) is 10.8. The Hall–Kier alpha value is -2.15. The Kier molecular flexibility index (Phi) is 5.04. The predicted octanol–water partition coefficient (Wildman–Crippen LogP) is 3.65. The molecule has 1 fully saturated rings. The normalized spacial score (nSPS) is 27.7. The Labute approximate surface area is 168 Å². The van der Waals surface area contributed by atoms with E-state index in [9.17, 15) is 19.5 Å². The number of thiophene rings is 1. The molecular formula is C21H25NO5S. The standard InChI is InChI=1S/C21H25NO5S/c1-10(2)27-21(26)17-13-4-3-5-14(13)28-19(17)22-18(23)15-11-6-8-12(9-7-11)16(15)20(24)25/h6,8,10-12,15-16H,3-5,7,9H2,1-2H3,(H,22,23)(H,24,25)/t11-,12-,15-,16-/m0/s1. The van der Waals surface area contributed by atoms with Gasteiger partial charge < -0.3 is 15.2 Å². The van der Waals surface area contributed by atoms with Crippen LogP contribution in [0.2, 0.25) is 0 Å². The molecule has 1 aromatic heterocycles. The molecule has 0 unspecified atom stereocenters. The monoisotopic (exact) mass is 403 g/mol. The van der Waals surface area contributed by atoms with Gasteiger partial charge in [-0.2, -0.15) is 0 Å². The Morgan fingerprint density at radius 1 is 1.14 bits per heavy atom. The molecule has 7 heteroatoms. The number of fused-ring (bicyclic) bond motifs is 3. The summed E-state index contributed by atoms with van der Waals surface area (Å²) < 4.78 is 5.41. The summed E-state index contributed by atoms with van der Waals surface area (Å²) in [5.41, 5.74) is 1.44. The number of hydrogen-bond donors (Lipinski definition) is 2. The smallest absolute Gasteiger partial charge is 0.341 e. The number of nitrogens with one attached hydrogen (secondary N) is 1. The van der Waals surface area contributed by atoms with E-state index in [-0.39, 0.29) is 23.8 Å². The summed E-state index contributed by atoms with van der Waals surface area (Å²) in [5.74, 6) is -3.11. The van der Waals surface area contributed by atoms with Gasteiger partial charge in [0.15, 0.2) is 0 Å². The SMILES string of the molecule is CC(C)OC(=O)c1c(NC(=O)[C@@H]2[C@@H](C(=O)O)[C@H]3C=C[C@H]2CC3)sc2c1CCC2. The number of allylic oxidation sites excluding steroid dienone is 2. The van der Waals surface area contributed by atoms with Gasteiger partial charge in [-0.15, -0.1) is 11.3 Å². The van der Waals surface area contributed by atoms with Gasteiger partial charge in [0.2, 0.25) is 5.91 Å². The Balaban J connectivity index is 1.62. The van der Waals surface area contributed by atoms with Gasteiger partial charge in [-0.25, -0.2) is 4.79 Å². The molecule has 2 bridgehead atoms. The maximum Gasteiger partial charge on any atom is 0.341 e. The highest BCUT2D eigenvalue weighted by molar-refractivity contribution is 7.17. The van der Waals surface area contributed by atoms with Crippen LogP contribution in [0, 0.1) is 23.7 Å². The zero-order valence-electron chi connectivity index (χ0n) is 16.1. The number of rotatable bonds is 5. The molecule has 1 amide bonds. The molecule has 4 aliphatic carbocycles. The minimum absolute atomic E-state index is 0.0658. The summed E-state index contributed by atoms with van der Waals surface area (Å²) in [7, 11) is 0. The van der Waals surface area contributed by atoms with Crippen LogP contribution in [0.4, 0.5) is 5.00 Å². The summed E-state index contributed by atoms with van der Waals surface area (Å²) >= 11 is 1.43. The lowest BCUT2D eigenvalue weighted by Gasteiger charge is -2.41. The third-order valence-corrected chi connectivity index (χ3v) is 7.25. The number of ether oxygens (including phenoxy) is 1. The highest BCUT2D eigenvalue weighted by Gasteiger charge is 2.48. The van der Waals surface area contributed by atoms with E-state index in [2.05, 4.69) is 5.32 Å². The molecule has 0 aliphatic heterocycles. The number of carbonyl (C=O) groups is 3. The molecule has 150 valence electrons. The fourth-order valence-corrected chi connectivity index (χ4v) is 6.15. The first-order valence-electron chi connectivity index (χ1n) is 9.94.